The van der Waals surface area contributed by atoms with E-state index in [0.29, 0.717) is 32.8 Å². The van der Waals surface area contributed by atoms with Crippen molar-refractivity contribution >= 4 is 178 Å². The predicted molar refractivity (Wildman–Crippen MR) is 202 cm³/mol. The van der Waals surface area contributed by atoms with Gasteiger partial charge in [-0.05, 0) is 55.4 Å². The van der Waals surface area contributed by atoms with Crippen molar-refractivity contribution < 1.29 is 33.5 Å². The van der Waals surface area contributed by atoms with Gasteiger partial charge in [0.2, 0.25) is 0 Å². The van der Waals surface area contributed by atoms with Gasteiger partial charge < -0.3 is 166 Å². The topological polar surface area (TPSA) is 0 Å². The van der Waals surface area contributed by atoms with Gasteiger partial charge in [-0.1, -0.05) is 0 Å². The summed E-state index contributed by atoms with van der Waals surface area (Å²) in [6, 6.07) is 0. The Bertz CT molecular complexity index is 570. The minimum absolute atomic E-state index is 0.324. The Kier molecular flexibility index (Phi) is 37.4. The summed E-state index contributed by atoms with van der Waals surface area (Å²) in [5, 5.41) is 0. The SMILES string of the molecule is CC[N+]([S-])(CC)C(=S)[S-].CC[N+]([S-])(CC)C(=S)[S-].CC[N+]([S-])(CC)C(=S)[S-].CC[N+]([S-])(CC)C(=S)[S-].[S]=[Mo+4]. The van der Waals surface area contributed by atoms with Crippen LogP contribution < -0.4 is 0 Å². The van der Waals surface area contributed by atoms with Crippen LogP contribution in [-0.4, -0.2) is 85.2 Å². The Morgan fingerprint density at radius 2 is 0.474 bits per heavy atom. The first kappa shape index (κ1) is 51.0. The van der Waals surface area contributed by atoms with Crippen LogP contribution in [0.1, 0.15) is 55.4 Å². The minimum atomic E-state index is 0.324. The van der Waals surface area contributed by atoms with Crippen molar-refractivity contribution in [1.29, 1.82) is 0 Å². The molecule has 38 heavy (non-hydrogen) atoms. The Morgan fingerprint density at radius 3 is 0.474 bits per heavy atom. The van der Waals surface area contributed by atoms with Crippen LogP contribution in [0.25, 0.3) is 0 Å². The van der Waals surface area contributed by atoms with E-state index in [1.54, 1.807) is 0 Å². The molecule has 0 aliphatic carbocycles. The summed E-state index contributed by atoms with van der Waals surface area (Å²) >= 11 is 60.5. The molecule has 0 saturated heterocycles. The number of nitrogens with zero attached hydrogens (tertiary/aromatic N) is 4. The van der Waals surface area contributed by atoms with Gasteiger partial charge in [0.25, 0.3) is 0 Å². The average Bonchev–Trinajstić information content (AvgIpc) is 2.92. The van der Waals surface area contributed by atoms with Gasteiger partial charge in [-0.2, -0.15) is 0 Å². The molecule has 0 bridgehead atoms. The first-order valence-electron chi connectivity index (χ1n) is 11.6. The molecule has 0 atom stereocenters. The van der Waals surface area contributed by atoms with E-state index in [-0.39, 0.29) is 0 Å². The molecule has 0 rings (SSSR count). The Labute approximate surface area is 315 Å². The van der Waals surface area contributed by atoms with Crippen LogP contribution in [0.3, 0.4) is 0 Å². The Balaban J connectivity index is -0.000000124. The number of rotatable bonds is 8. The van der Waals surface area contributed by atoms with Crippen LogP contribution in [-0.2, 0) is 120 Å². The van der Waals surface area contributed by atoms with Crippen molar-refractivity contribution in [2.75, 3.05) is 52.4 Å². The van der Waals surface area contributed by atoms with Gasteiger partial charge in [0, 0.05) is 17.3 Å². The first-order chi connectivity index (χ1) is 17.3. The summed E-state index contributed by atoms with van der Waals surface area (Å²) in [5.41, 5.74) is 0. The van der Waals surface area contributed by atoms with Crippen LogP contribution >= 0.6 is 58.7 Å². The molecule has 0 amide bonds. The van der Waals surface area contributed by atoms with Crippen molar-refractivity contribution in [2.24, 2.45) is 0 Å². The van der Waals surface area contributed by atoms with E-state index in [1.165, 1.54) is 18.0 Å². The van der Waals surface area contributed by atoms with E-state index in [1.807, 2.05) is 55.4 Å². The second kappa shape index (κ2) is 27.9. The van der Waals surface area contributed by atoms with E-state index in [9.17, 15) is 0 Å². The van der Waals surface area contributed by atoms with Crippen molar-refractivity contribution in [3.05, 3.63) is 0 Å². The van der Waals surface area contributed by atoms with Crippen molar-refractivity contribution in [2.45, 2.75) is 55.4 Å². The van der Waals surface area contributed by atoms with Crippen LogP contribution in [0.15, 0.2) is 0 Å². The van der Waals surface area contributed by atoms with E-state index in [4.69, 9.17) is 151 Å². The Hall–Kier alpha value is 3.39. The van der Waals surface area contributed by atoms with Crippen molar-refractivity contribution in [1.82, 2.24) is 0 Å². The monoisotopic (exact) mass is 850 g/mol. The second-order valence-electron chi connectivity index (χ2n) is 7.15. The van der Waals surface area contributed by atoms with E-state index < -0.39 is 0 Å². The fourth-order valence-corrected chi connectivity index (χ4v) is 3.99. The van der Waals surface area contributed by atoms with Crippen molar-refractivity contribution in [3.63, 3.8) is 0 Å². The summed E-state index contributed by atoms with van der Waals surface area (Å²) in [5.74, 6) is 0. The third-order valence-electron chi connectivity index (χ3n) is 5.42. The van der Waals surface area contributed by atoms with Crippen LogP contribution in [0.2, 0.25) is 0 Å². The molecule has 224 valence electrons. The standard InChI is InChI=1S/4C5H11NS3.Mo.S/c4*1-3-6(9,4-2)5(7)8;;/h4*3-4H2,1-2H3,(H,7,8);;/q;;;;+4;/p-4. The van der Waals surface area contributed by atoms with E-state index in [2.05, 4.69) is 9.82 Å². The average molecular weight is 849 g/mol. The van der Waals surface area contributed by atoms with Gasteiger partial charge >= 0.3 is 27.8 Å². The molecule has 0 unspecified atom stereocenters. The molecule has 0 saturated carbocycles. The van der Waals surface area contributed by atoms with Crippen LogP contribution in [0.5, 0.6) is 0 Å². The first-order valence-corrected chi connectivity index (χ1v) is 19.1. The van der Waals surface area contributed by atoms with Gasteiger partial charge in [0.15, 0.2) is 0 Å². The molecule has 0 radical (unpaired) electrons. The zero-order valence-electron chi connectivity index (χ0n) is 23.2. The Morgan fingerprint density at radius 1 is 0.395 bits per heavy atom. The zero-order chi connectivity index (χ0) is 32.0. The number of hydrogen-bond acceptors (Lipinski definition) is 13. The zero-order valence-corrected chi connectivity index (χ0v) is 35.8. The van der Waals surface area contributed by atoms with Gasteiger partial charge in [-0.3, -0.25) is 0 Å². The normalized spacial score (nSPS) is 11.0. The molecule has 0 aromatic carbocycles. The summed E-state index contributed by atoms with van der Waals surface area (Å²) in [6.45, 7) is 22.5. The molecule has 0 aromatic rings. The third-order valence-corrected chi connectivity index (χ3v) is 11.9. The van der Waals surface area contributed by atoms with Gasteiger partial charge in [-0.25, -0.2) is 0 Å². The number of thiocarbonyl (C=S) groups is 4. The number of hydrogen-bond donors (Lipinski definition) is 0. The van der Waals surface area contributed by atoms with Crippen molar-refractivity contribution in [3.8, 4) is 0 Å². The molecular formula is C20H40MoN4S13. The van der Waals surface area contributed by atoms with Crippen LogP contribution in [0, 0.1) is 0 Å². The summed E-state index contributed by atoms with van der Waals surface area (Å²) in [4.78, 5) is 0. The summed E-state index contributed by atoms with van der Waals surface area (Å²) in [7, 11) is 4.09. The maximum atomic E-state index is 5.12. The molecule has 0 aromatic heterocycles. The van der Waals surface area contributed by atoms with E-state index in [0.717, 1.165) is 52.4 Å². The molecule has 0 heterocycles. The van der Waals surface area contributed by atoms with Gasteiger partial charge in [0.05, 0.1) is 52.4 Å². The molecule has 4 nitrogen and oxygen atoms in total. The quantitative estimate of drug-likeness (QED) is 0.137. The maximum absolute atomic E-state index is 5.12. The molecule has 0 N–H and O–H groups in total. The fraction of sp³-hybridized carbons (Fsp3) is 0.800. The van der Waals surface area contributed by atoms with Gasteiger partial charge in [-0.15, -0.1) is 0 Å². The predicted octanol–water partition coefficient (Wildman–Crippen LogP) is 5.19. The molecule has 0 aliphatic heterocycles. The third kappa shape index (κ3) is 22.0. The van der Waals surface area contributed by atoms with E-state index >= 15 is 0 Å². The summed E-state index contributed by atoms with van der Waals surface area (Å²) < 4.78 is 3.22. The fourth-order valence-electron chi connectivity index (χ4n) is 1.93. The summed E-state index contributed by atoms with van der Waals surface area (Å²) in [6.07, 6.45) is 0. The molecule has 18 heteroatoms. The van der Waals surface area contributed by atoms with Gasteiger partial charge in [0.1, 0.15) is 0 Å². The second-order valence-corrected chi connectivity index (χ2v) is 14.1. The number of quaternary nitrogens is 4. The molecular weight excluding hydrogens is 809 g/mol. The molecule has 0 aliphatic rings. The molecule has 0 fully saturated rings. The van der Waals surface area contributed by atoms with Crippen LogP contribution in [0.4, 0.5) is 0 Å². The molecule has 0 spiro atoms.